The SMILES string of the molecule is C[C@H](NCc1ccccc1OC(F)F)c1cccnc1. The van der Waals surface area contributed by atoms with Crippen molar-refractivity contribution in [2.24, 2.45) is 0 Å². The molecule has 20 heavy (non-hydrogen) atoms. The fourth-order valence-corrected chi connectivity index (χ4v) is 1.87. The van der Waals surface area contributed by atoms with Crippen molar-refractivity contribution < 1.29 is 13.5 Å². The van der Waals surface area contributed by atoms with E-state index < -0.39 is 6.61 Å². The number of hydrogen-bond donors (Lipinski definition) is 1. The van der Waals surface area contributed by atoms with Crippen molar-refractivity contribution in [1.29, 1.82) is 0 Å². The van der Waals surface area contributed by atoms with Gasteiger partial charge in [-0.1, -0.05) is 24.3 Å². The molecule has 0 bridgehead atoms. The molecule has 0 unspecified atom stereocenters. The predicted octanol–water partition coefficient (Wildman–Crippen LogP) is 3.53. The van der Waals surface area contributed by atoms with Crippen molar-refractivity contribution in [2.45, 2.75) is 26.1 Å². The first-order chi connectivity index (χ1) is 9.66. The molecule has 2 rings (SSSR count). The van der Waals surface area contributed by atoms with E-state index in [1.807, 2.05) is 19.1 Å². The molecule has 0 amide bonds. The van der Waals surface area contributed by atoms with Gasteiger partial charge in [0.15, 0.2) is 0 Å². The lowest BCUT2D eigenvalue weighted by Crippen LogP contribution is -2.19. The van der Waals surface area contributed by atoms with Crippen molar-refractivity contribution in [3.8, 4) is 5.75 Å². The minimum Gasteiger partial charge on any atom is -0.434 e. The fraction of sp³-hybridized carbons (Fsp3) is 0.267. The molecule has 0 saturated heterocycles. The molecule has 5 heteroatoms. The van der Waals surface area contributed by atoms with Gasteiger partial charge in [-0.15, -0.1) is 0 Å². The van der Waals surface area contributed by atoms with Gasteiger partial charge in [-0.05, 0) is 24.6 Å². The smallest absolute Gasteiger partial charge is 0.387 e. The average Bonchev–Trinajstić information content (AvgIpc) is 2.46. The van der Waals surface area contributed by atoms with Crippen LogP contribution in [-0.4, -0.2) is 11.6 Å². The van der Waals surface area contributed by atoms with E-state index in [0.29, 0.717) is 12.1 Å². The van der Waals surface area contributed by atoms with Gasteiger partial charge in [0.1, 0.15) is 5.75 Å². The van der Waals surface area contributed by atoms with Crippen LogP contribution in [0.3, 0.4) is 0 Å². The maximum absolute atomic E-state index is 12.3. The maximum Gasteiger partial charge on any atom is 0.387 e. The Bertz CT molecular complexity index is 534. The highest BCUT2D eigenvalue weighted by Crippen LogP contribution is 2.21. The minimum atomic E-state index is -2.81. The van der Waals surface area contributed by atoms with Crippen LogP contribution in [0.1, 0.15) is 24.1 Å². The van der Waals surface area contributed by atoms with Gasteiger partial charge < -0.3 is 10.1 Å². The zero-order valence-corrected chi connectivity index (χ0v) is 11.1. The van der Waals surface area contributed by atoms with Gasteiger partial charge in [-0.3, -0.25) is 4.98 Å². The summed E-state index contributed by atoms with van der Waals surface area (Å²) in [4.78, 5) is 4.05. The van der Waals surface area contributed by atoms with Crippen LogP contribution in [0.2, 0.25) is 0 Å². The zero-order valence-electron chi connectivity index (χ0n) is 11.1. The Hall–Kier alpha value is -2.01. The van der Waals surface area contributed by atoms with Crippen LogP contribution in [0.4, 0.5) is 8.78 Å². The molecule has 1 aromatic carbocycles. The molecule has 106 valence electrons. The fourth-order valence-electron chi connectivity index (χ4n) is 1.87. The summed E-state index contributed by atoms with van der Waals surface area (Å²) >= 11 is 0. The van der Waals surface area contributed by atoms with Crippen LogP contribution in [-0.2, 0) is 6.54 Å². The van der Waals surface area contributed by atoms with E-state index in [1.54, 1.807) is 30.6 Å². The summed E-state index contributed by atoms with van der Waals surface area (Å²) in [7, 11) is 0. The second kappa shape index (κ2) is 6.96. The summed E-state index contributed by atoms with van der Waals surface area (Å²) in [6.45, 7) is -0.376. The Balaban J connectivity index is 2.00. The van der Waals surface area contributed by atoms with E-state index in [9.17, 15) is 8.78 Å². The van der Waals surface area contributed by atoms with Gasteiger partial charge >= 0.3 is 6.61 Å². The number of halogens is 2. The number of rotatable bonds is 6. The number of pyridine rings is 1. The summed E-state index contributed by atoms with van der Waals surface area (Å²) in [5.74, 6) is 0.202. The van der Waals surface area contributed by atoms with Crippen LogP contribution in [0.5, 0.6) is 5.75 Å². The average molecular weight is 278 g/mol. The molecule has 0 spiro atoms. The molecule has 0 aliphatic carbocycles. The largest absolute Gasteiger partial charge is 0.434 e. The van der Waals surface area contributed by atoms with Gasteiger partial charge in [0.25, 0.3) is 0 Å². The van der Waals surface area contributed by atoms with Gasteiger partial charge in [-0.2, -0.15) is 8.78 Å². The molecule has 1 atom stereocenters. The Morgan fingerprint density at radius 1 is 1.20 bits per heavy atom. The summed E-state index contributed by atoms with van der Waals surface area (Å²) < 4.78 is 29.1. The Kier molecular flexibility index (Phi) is 5.01. The second-order valence-electron chi connectivity index (χ2n) is 4.38. The lowest BCUT2D eigenvalue weighted by molar-refractivity contribution is -0.0505. The number of hydrogen-bond acceptors (Lipinski definition) is 3. The highest BCUT2D eigenvalue weighted by atomic mass is 19.3. The zero-order chi connectivity index (χ0) is 14.4. The highest BCUT2D eigenvalue weighted by Gasteiger charge is 2.10. The molecular weight excluding hydrogens is 262 g/mol. The number of alkyl halides is 2. The lowest BCUT2D eigenvalue weighted by Gasteiger charge is -2.16. The van der Waals surface area contributed by atoms with Crippen molar-refractivity contribution >= 4 is 0 Å². The molecule has 1 aromatic heterocycles. The molecule has 0 fully saturated rings. The van der Waals surface area contributed by atoms with Crippen molar-refractivity contribution in [3.63, 3.8) is 0 Å². The molecule has 1 N–H and O–H groups in total. The summed E-state index contributed by atoms with van der Waals surface area (Å²) in [5.41, 5.74) is 1.74. The van der Waals surface area contributed by atoms with Crippen LogP contribution < -0.4 is 10.1 Å². The maximum atomic E-state index is 12.3. The van der Waals surface area contributed by atoms with Crippen molar-refractivity contribution in [3.05, 3.63) is 59.9 Å². The first-order valence-corrected chi connectivity index (χ1v) is 6.33. The molecule has 0 radical (unpaired) electrons. The standard InChI is InChI=1S/C15H16F2N2O/c1-11(12-6-4-8-18-9-12)19-10-13-5-2-3-7-14(13)20-15(16)17/h2-9,11,15,19H,10H2,1H3/t11-/m0/s1. The quantitative estimate of drug-likeness (QED) is 0.877. The third-order valence-electron chi connectivity index (χ3n) is 2.97. The summed E-state index contributed by atoms with van der Waals surface area (Å²) in [6, 6.07) is 10.7. The van der Waals surface area contributed by atoms with Gasteiger partial charge in [-0.25, -0.2) is 0 Å². The van der Waals surface area contributed by atoms with E-state index in [0.717, 1.165) is 5.56 Å². The third kappa shape index (κ3) is 3.99. The highest BCUT2D eigenvalue weighted by molar-refractivity contribution is 5.33. The van der Waals surface area contributed by atoms with E-state index >= 15 is 0 Å². The Morgan fingerprint density at radius 3 is 2.70 bits per heavy atom. The molecule has 3 nitrogen and oxygen atoms in total. The molecule has 0 saturated carbocycles. The van der Waals surface area contributed by atoms with E-state index in [2.05, 4.69) is 15.0 Å². The van der Waals surface area contributed by atoms with Gasteiger partial charge in [0.2, 0.25) is 0 Å². The molecule has 2 aromatic rings. The first-order valence-electron chi connectivity index (χ1n) is 6.33. The number of nitrogens with one attached hydrogen (secondary N) is 1. The number of ether oxygens (including phenoxy) is 1. The first kappa shape index (κ1) is 14.4. The number of aromatic nitrogens is 1. The summed E-state index contributed by atoms with van der Waals surface area (Å²) in [6.07, 6.45) is 3.49. The van der Waals surface area contributed by atoms with Gasteiger partial charge in [0, 0.05) is 30.5 Å². The predicted molar refractivity (Wildman–Crippen MR) is 72.6 cm³/mol. The van der Waals surface area contributed by atoms with Crippen LogP contribution in [0, 0.1) is 0 Å². The lowest BCUT2D eigenvalue weighted by atomic mass is 10.1. The third-order valence-corrected chi connectivity index (χ3v) is 2.97. The Morgan fingerprint density at radius 2 is 2.00 bits per heavy atom. The molecule has 1 heterocycles. The molecule has 0 aliphatic heterocycles. The minimum absolute atomic E-state index is 0.0725. The number of para-hydroxylation sites is 1. The van der Waals surface area contributed by atoms with Crippen LogP contribution in [0.25, 0.3) is 0 Å². The van der Waals surface area contributed by atoms with E-state index in [-0.39, 0.29) is 11.8 Å². The number of nitrogens with zero attached hydrogens (tertiary/aromatic N) is 1. The van der Waals surface area contributed by atoms with E-state index in [1.165, 1.54) is 6.07 Å². The van der Waals surface area contributed by atoms with Crippen LogP contribution >= 0.6 is 0 Å². The molecular formula is C15H16F2N2O. The van der Waals surface area contributed by atoms with E-state index in [4.69, 9.17) is 0 Å². The Labute approximate surface area is 116 Å². The topological polar surface area (TPSA) is 34.1 Å². The normalized spacial score (nSPS) is 12.4. The monoisotopic (exact) mass is 278 g/mol. The second-order valence-corrected chi connectivity index (χ2v) is 4.38. The van der Waals surface area contributed by atoms with Gasteiger partial charge in [0.05, 0.1) is 0 Å². The molecule has 0 aliphatic rings. The number of benzene rings is 1. The van der Waals surface area contributed by atoms with Crippen molar-refractivity contribution in [1.82, 2.24) is 10.3 Å². The van der Waals surface area contributed by atoms with Crippen LogP contribution in [0.15, 0.2) is 48.8 Å². The summed E-state index contributed by atoms with van der Waals surface area (Å²) in [5, 5.41) is 3.26. The van der Waals surface area contributed by atoms with Crippen molar-refractivity contribution in [2.75, 3.05) is 0 Å².